The topological polar surface area (TPSA) is 103 Å². The summed E-state index contributed by atoms with van der Waals surface area (Å²) in [7, 11) is 0. The molecule has 0 unspecified atom stereocenters. The van der Waals surface area contributed by atoms with E-state index < -0.39 is 5.56 Å². The molecule has 1 saturated carbocycles. The molecule has 0 aliphatic heterocycles. The second-order valence-electron chi connectivity index (χ2n) is 7.08. The average molecular weight is 399 g/mol. The summed E-state index contributed by atoms with van der Waals surface area (Å²) in [6.45, 7) is 0. The van der Waals surface area contributed by atoms with Crippen LogP contribution in [0.1, 0.15) is 36.8 Å². The molecule has 1 aliphatic carbocycles. The van der Waals surface area contributed by atoms with E-state index in [1.807, 2.05) is 48.5 Å². The van der Waals surface area contributed by atoms with Gasteiger partial charge < -0.3 is 4.74 Å². The maximum atomic E-state index is 12.3. The Kier molecular flexibility index (Phi) is 5.85. The number of hydrogen-bond donors (Lipinski definition) is 2. The van der Waals surface area contributed by atoms with Gasteiger partial charge in [0.1, 0.15) is 17.4 Å². The number of ether oxygens (including phenoxy) is 1. The van der Waals surface area contributed by atoms with Gasteiger partial charge in [-0.1, -0.05) is 42.5 Å². The van der Waals surface area contributed by atoms with E-state index in [1.165, 1.54) is 12.8 Å². The highest BCUT2D eigenvalue weighted by Gasteiger charge is 2.16. The van der Waals surface area contributed by atoms with Gasteiger partial charge in [-0.05, 0) is 43.4 Å². The number of H-pyrrole nitrogens is 1. The van der Waals surface area contributed by atoms with E-state index >= 15 is 0 Å². The highest BCUT2D eigenvalue weighted by Crippen LogP contribution is 2.24. The minimum absolute atomic E-state index is 0.0347. The van der Waals surface area contributed by atoms with Gasteiger partial charge in [-0.15, -0.1) is 0 Å². The van der Waals surface area contributed by atoms with Gasteiger partial charge in [0.25, 0.3) is 5.56 Å². The molecule has 30 heavy (non-hydrogen) atoms. The second kappa shape index (κ2) is 9.05. The van der Waals surface area contributed by atoms with Gasteiger partial charge in [0, 0.05) is 5.56 Å². The SMILES string of the molecule is N#Cc1c(-c2ccccc2)nc(NN=Cc2cccc(OC3CCCC3)c2)[nH]c1=O. The summed E-state index contributed by atoms with van der Waals surface area (Å²) in [5, 5.41) is 13.5. The molecule has 0 atom stereocenters. The zero-order valence-corrected chi connectivity index (χ0v) is 16.3. The van der Waals surface area contributed by atoms with Crippen LogP contribution in [-0.2, 0) is 0 Å². The van der Waals surface area contributed by atoms with Crippen LogP contribution in [0, 0.1) is 11.3 Å². The minimum atomic E-state index is -0.518. The Hall–Kier alpha value is -3.92. The molecule has 1 heterocycles. The Labute approximate surface area is 174 Å². The normalized spacial score (nSPS) is 14.0. The number of nitrogens with zero attached hydrogens (tertiary/aromatic N) is 3. The molecule has 2 aromatic carbocycles. The maximum absolute atomic E-state index is 12.3. The van der Waals surface area contributed by atoms with Gasteiger partial charge in [0.05, 0.1) is 18.0 Å². The monoisotopic (exact) mass is 399 g/mol. The first kappa shape index (κ1) is 19.4. The van der Waals surface area contributed by atoms with E-state index in [-0.39, 0.29) is 11.5 Å². The lowest BCUT2D eigenvalue weighted by Crippen LogP contribution is -2.16. The summed E-state index contributed by atoms with van der Waals surface area (Å²) in [5.74, 6) is 0.981. The van der Waals surface area contributed by atoms with Crippen LogP contribution < -0.4 is 15.7 Å². The summed E-state index contributed by atoms with van der Waals surface area (Å²) >= 11 is 0. The quantitative estimate of drug-likeness (QED) is 0.480. The molecular formula is C23H21N5O2. The molecule has 1 fully saturated rings. The number of rotatable bonds is 6. The summed E-state index contributed by atoms with van der Waals surface area (Å²) in [6.07, 6.45) is 6.55. The van der Waals surface area contributed by atoms with Crippen LogP contribution in [0.2, 0.25) is 0 Å². The van der Waals surface area contributed by atoms with Crippen molar-refractivity contribution in [3.63, 3.8) is 0 Å². The summed E-state index contributed by atoms with van der Waals surface area (Å²) in [6, 6.07) is 18.7. The molecule has 7 nitrogen and oxygen atoms in total. The third kappa shape index (κ3) is 4.55. The fourth-order valence-corrected chi connectivity index (χ4v) is 3.47. The van der Waals surface area contributed by atoms with Crippen molar-refractivity contribution in [1.82, 2.24) is 9.97 Å². The Morgan fingerprint density at radius 1 is 1.17 bits per heavy atom. The largest absolute Gasteiger partial charge is 0.490 e. The molecule has 1 aromatic heterocycles. The molecule has 2 N–H and O–H groups in total. The number of benzene rings is 2. The molecule has 4 rings (SSSR count). The van der Waals surface area contributed by atoms with Crippen LogP contribution in [0.15, 0.2) is 64.5 Å². The van der Waals surface area contributed by atoms with Crippen molar-refractivity contribution in [2.75, 3.05) is 5.43 Å². The van der Waals surface area contributed by atoms with E-state index in [9.17, 15) is 10.1 Å². The summed E-state index contributed by atoms with van der Waals surface area (Å²) in [4.78, 5) is 19.2. The predicted molar refractivity (Wildman–Crippen MR) is 116 cm³/mol. The number of hydrazone groups is 1. The number of aromatic nitrogens is 2. The van der Waals surface area contributed by atoms with Crippen LogP contribution in [0.3, 0.4) is 0 Å². The highest BCUT2D eigenvalue weighted by molar-refractivity contribution is 5.80. The molecule has 0 radical (unpaired) electrons. The van der Waals surface area contributed by atoms with Crippen molar-refractivity contribution in [2.24, 2.45) is 5.10 Å². The molecule has 0 saturated heterocycles. The van der Waals surface area contributed by atoms with Crippen LogP contribution in [0.4, 0.5) is 5.95 Å². The molecule has 0 bridgehead atoms. The van der Waals surface area contributed by atoms with Gasteiger partial charge in [0.15, 0.2) is 0 Å². The van der Waals surface area contributed by atoms with Crippen LogP contribution in [0.5, 0.6) is 5.75 Å². The van der Waals surface area contributed by atoms with Crippen molar-refractivity contribution in [3.8, 4) is 23.1 Å². The van der Waals surface area contributed by atoms with E-state index in [0.29, 0.717) is 17.4 Å². The van der Waals surface area contributed by atoms with Crippen molar-refractivity contribution in [3.05, 3.63) is 76.1 Å². The molecule has 150 valence electrons. The van der Waals surface area contributed by atoms with Crippen LogP contribution in [0.25, 0.3) is 11.3 Å². The number of nitriles is 1. The summed E-state index contributed by atoms with van der Waals surface area (Å²) in [5.41, 5.74) is 4.04. The van der Waals surface area contributed by atoms with Crippen molar-refractivity contribution < 1.29 is 4.74 Å². The number of nitrogens with one attached hydrogen (secondary N) is 2. The van der Waals surface area contributed by atoms with Gasteiger partial charge in [-0.2, -0.15) is 10.4 Å². The maximum Gasteiger partial charge on any atom is 0.270 e. The molecule has 3 aromatic rings. The van der Waals surface area contributed by atoms with E-state index in [0.717, 1.165) is 24.2 Å². The first-order valence-corrected chi connectivity index (χ1v) is 9.88. The molecule has 1 aliphatic rings. The third-order valence-electron chi connectivity index (χ3n) is 4.93. The zero-order chi connectivity index (χ0) is 20.8. The smallest absolute Gasteiger partial charge is 0.270 e. The minimum Gasteiger partial charge on any atom is -0.490 e. The third-order valence-corrected chi connectivity index (χ3v) is 4.93. The second-order valence-corrected chi connectivity index (χ2v) is 7.08. The lowest BCUT2D eigenvalue weighted by atomic mass is 10.1. The average Bonchev–Trinajstić information content (AvgIpc) is 3.27. The predicted octanol–water partition coefficient (Wildman–Crippen LogP) is 4.08. The number of aromatic amines is 1. The van der Waals surface area contributed by atoms with Gasteiger partial charge in [0.2, 0.25) is 5.95 Å². The van der Waals surface area contributed by atoms with Crippen molar-refractivity contribution >= 4 is 12.2 Å². The first-order chi connectivity index (χ1) is 14.7. The molecule has 7 heteroatoms. The van der Waals surface area contributed by atoms with Crippen LogP contribution >= 0.6 is 0 Å². The lowest BCUT2D eigenvalue weighted by molar-refractivity contribution is 0.210. The van der Waals surface area contributed by atoms with E-state index in [2.05, 4.69) is 20.5 Å². The highest BCUT2D eigenvalue weighted by atomic mass is 16.5. The first-order valence-electron chi connectivity index (χ1n) is 9.88. The number of anilines is 1. The van der Waals surface area contributed by atoms with Gasteiger partial charge >= 0.3 is 0 Å². The van der Waals surface area contributed by atoms with Gasteiger partial charge in [-0.3, -0.25) is 9.78 Å². The Morgan fingerprint density at radius 2 is 1.97 bits per heavy atom. The molecule has 0 spiro atoms. The van der Waals surface area contributed by atoms with E-state index in [1.54, 1.807) is 18.3 Å². The summed E-state index contributed by atoms with van der Waals surface area (Å²) < 4.78 is 6.01. The fraction of sp³-hybridized carbons (Fsp3) is 0.217. The molecule has 0 amide bonds. The van der Waals surface area contributed by atoms with Crippen molar-refractivity contribution in [2.45, 2.75) is 31.8 Å². The van der Waals surface area contributed by atoms with Crippen LogP contribution in [-0.4, -0.2) is 22.3 Å². The van der Waals surface area contributed by atoms with Gasteiger partial charge in [-0.25, -0.2) is 10.4 Å². The van der Waals surface area contributed by atoms with E-state index in [4.69, 9.17) is 4.74 Å². The lowest BCUT2D eigenvalue weighted by Gasteiger charge is -2.13. The zero-order valence-electron chi connectivity index (χ0n) is 16.3. The molecular weight excluding hydrogens is 378 g/mol. The van der Waals surface area contributed by atoms with Crippen molar-refractivity contribution in [1.29, 1.82) is 5.26 Å². The Morgan fingerprint density at radius 3 is 2.73 bits per heavy atom. The number of hydrogen-bond acceptors (Lipinski definition) is 6. The Balaban J connectivity index is 1.51. The fourth-order valence-electron chi connectivity index (χ4n) is 3.47. The standard InChI is InChI=1S/C23H21N5O2/c24-14-20-21(17-8-2-1-3-9-17)26-23(27-22(20)29)28-25-15-16-7-6-12-19(13-16)30-18-10-4-5-11-18/h1-3,6-9,12-13,15,18H,4-5,10-11H2,(H2,26,27,28,29). The Bertz CT molecular complexity index is 1140.